The molecule has 0 spiro atoms. The second-order valence-corrected chi connectivity index (χ2v) is 10.2. The van der Waals surface area contributed by atoms with Gasteiger partial charge in [-0.1, -0.05) is 24.3 Å². The molecule has 0 bridgehead atoms. The van der Waals surface area contributed by atoms with Crippen LogP contribution in [0.4, 0.5) is 0 Å². The largest absolute Gasteiger partial charge is 0.494 e. The van der Waals surface area contributed by atoms with E-state index < -0.39 is 11.8 Å². The average Bonchev–Trinajstić information content (AvgIpc) is 3.66. The number of nitrogens with zero attached hydrogens (tertiary/aromatic N) is 4. The molecule has 0 fully saturated rings. The molecule has 2 amide bonds. The van der Waals surface area contributed by atoms with Crippen molar-refractivity contribution in [2.45, 2.75) is 27.3 Å². The van der Waals surface area contributed by atoms with Gasteiger partial charge in [0, 0.05) is 22.9 Å². The molecule has 0 atom stereocenters. The van der Waals surface area contributed by atoms with Crippen molar-refractivity contribution in [2.75, 3.05) is 13.4 Å². The van der Waals surface area contributed by atoms with E-state index in [1.54, 1.807) is 35.9 Å². The van der Waals surface area contributed by atoms with E-state index in [2.05, 4.69) is 0 Å². The van der Waals surface area contributed by atoms with Crippen molar-refractivity contribution in [1.82, 2.24) is 14.7 Å². The van der Waals surface area contributed by atoms with Crippen LogP contribution in [0.1, 0.15) is 30.5 Å². The van der Waals surface area contributed by atoms with E-state index in [9.17, 15) is 14.9 Å². The fraction of sp³-hybridized carbons (Fsp3) is 0.176. The van der Waals surface area contributed by atoms with Crippen LogP contribution in [0.2, 0.25) is 0 Å². The molecular weight excluding hydrogens is 544 g/mol. The summed E-state index contributed by atoms with van der Waals surface area (Å²) in [5.41, 5.74) is 5.07. The van der Waals surface area contributed by atoms with Crippen LogP contribution >= 0.6 is 0 Å². The molecule has 2 aliphatic heterocycles. The molecule has 0 saturated heterocycles. The van der Waals surface area contributed by atoms with E-state index in [4.69, 9.17) is 19.3 Å². The van der Waals surface area contributed by atoms with Gasteiger partial charge in [0.15, 0.2) is 11.5 Å². The fourth-order valence-corrected chi connectivity index (χ4v) is 5.20. The minimum atomic E-state index is -0.637. The van der Waals surface area contributed by atoms with Gasteiger partial charge in [-0.25, -0.2) is 4.68 Å². The lowest BCUT2D eigenvalue weighted by atomic mass is 9.92. The van der Waals surface area contributed by atoms with Gasteiger partial charge in [0.2, 0.25) is 6.79 Å². The van der Waals surface area contributed by atoms with Gasteiger partial charge in [-0.2, -0.15) is 10.4 Å². The number of imide groups is 1. The van der Waals surface area contributed by atoms with Crippen LogP contribution in [-0.4, -0.2) is 39.9 Å². The highest BCUT2D eigenvalue weighted by Gasteiger charge is 2.36. The Kier molecular flexibility index (Phi) is 7.26. The number of rotatable bonds is 7. The zero-order chi connectivity index (χ0) is 30.1. The minimum absolute atomic E-state index is 0.0294. The normalized spacial score (nSPS) is 15.3. The van der Waals surface area contributed by atoms with Crippen molar-refractivity contribution >= 4 is 17.9 Å². The fourth-order valence-electron chi connectivity index (χ4n) is 5.20. The summed E-state index contributed by atoms with van der Waals surface area (Å²) in [6.07, 6.45) is 3.55. The first-order chi connectivity index (χ1) is 20.9. The molecule has 0 saturated carbocycles. The van der Waals surface area contributed by atoms with Crippen LogP contribution in [0.15, 0.2) is 89.6 Å². The molecular formula is C34H28N4O5. The highest BCUT2D eigenvalue weighted by Crippen LogP contribution is 2.35. The zero-order valence-corrected chi connectivity index (χ0v) is 24.0. The number of hydrogen-bond acceptors (Lipinski definition) is 7. The van der Waals surface area contributed by atoms with Gasteiger partial charge in [0.1, 0.15) is 17.4 Å². The topological polar surface area (TPSA) is 107 Å². The van der Waals surface area contributed by atoms with Crippen molar-refractivity contribution in [2.24, 2.45) is 0 Å². The van der Waals surface area contributed by atoms with Crippen molar-refractivity contribution in [3.63, 3.8) is 0 Å². The second kappa shape index (κ2) is 11.3. The second-order valence-electron chi connectivity index (χ2n) is 10.2. The molecule has 214 valence electrons. The molecule has 4 aromatic rings. The molecule has 3 aromatic carbocycles. The Balaban J connectivity index is 1.45. The van der Waals surface area contributed by atoms with Crippen LogP contribution in [0.5, 0.6) is 17.2 Å². The monoisotopic (exact) mass is 572 g/mol. The van der Waals surface area contributed by atoms with Crippen LogP contribution in [-0.2, 0) is 16.1 Å². The summed E-state index contributed by atoms with van der Waals surface area (Å²) in [7, 11) is 0. The van der Waals surface area contributed by atoms with Crippen LogP contribution < -0.4 is 14.2 Å². The molecule has 0 unspecified atom stereocenters. The van der Waals surface area contributed by atoms with Gasteiger partial charge in [0.25, 0.3) is 11.8 Å². The number of amides is 2. The first-order valence-electron chi connectivity index (χ1n) is 13.8. The van der Waals surface area contributed by atoms with E-state index in [0.717, 1.165) is 27.5 Å². The number of ether oxygens (including phenoxy) is 3. The average molecular weight is 573 g/mol. The maximum absolute atomic E-state index is 13.9. The van der Waals surface area contributed by atoms with Crippen LogP contribution in [0.25, 0.3) is 23.0 Å². The third-order valence-electron chi connectivity index (χ3n) is 7.41. The summed E-state index contributed by atoms with van der Waals surface area (Å²) >= 11 is 0. The number of carbonyl (C=O) groups excluding carboxylic acids is 2. The molecule has 43 heavy (non-hydrogen) atoms. The molecule has 0 aliphatic carbocycles. The molecule has 0 radical (unpaired) electrons. The number of aromatic nitrogens is 2. The molecule has 3 heterocycles. The van der Waals surface area contributed by atoms with Gasteiger partial charge in [0.05, 0.1) is 24.5 Å². The Morgan fingerprint density at radius 3 is 2.53 bits per heavy atom. The van der Waals surface area contributed by atoms with Crippen molar-refractivity contribution in [3.8, 4) is 40.3 Å². The summed E-state index contributed by atoms with van der Waals surface area (Å²) in [4.78, 5) is 28.4. The maximum Gasteiger partial charge on any atom is 0.271 e. The highest BCUT2D eigenvalue weighted by molar-refractivity contribution is 6.19. The van der Waals surface area contributed by atoms with Gasteiger partial charge in [-0.05, 0) is 86.0 Å². The Labute approximate surface area is 248 Å². The number of nitriles is 1. The summed E-state index contributed by atoms with van der Waals surface area (Å²) in [6, 6.07) is 22.7. The van der Waals surface area contributed by atoms with E-state index >= 15 is 0 Å². The molecule has 6 rings (SSSR count). The summed E-state index contributed by atoms with van der Waals surface area (Å²) < 4.78 is 18.3. The Bertz CT molecular complexity index is 1860. The van der Waals surface area contributed by atoms with Crippen LogP contribution in [0, 0.1) is 18.3 Å². The summed E-state index contributed by atoms with van der Waals surface area (Å²) in [5, 5.41) is 14.8. The number of para-hydroxylation sites is 1. The number of fused-ring (bicyclic) bond motifs is 1. The lowest BCUT2D eigenvalue weighted by molar-refractivity contribution is -0.141. The maximum atomic E-state index is 13.9. The minimum Gasteiger partial charge on any atom is -0.494 e. The Morgan fingerprint density at radius 1 is 1.00 bits per heavy atom. The predicted molar refractivity (Wildman–Crippen MR) is 159 cm³/mol. The molecule has 0 N–H and O–H groups in total. The third kappa shape index (κ3) is 5.15. The van der Waals surface area contributed by atoms with E-state index in [0.29, 0.717) is 40.5 Å². The smallest absolute Gasteiger partial charge is 0.271 e. The number of carbonyl (C=O) groups is 2. The lowest BCUT2D eigenvalue weighted by Gasteiger charge is -2.27. The molecule has 9 nitrogen and oxygen atoms in total. The standard InChI is InChI=1S/C34H28N4O5/c1-4-41-29-13-11-24(14-21(29)2)32-25(19-38(36-32)26-8-6-5-7-9-26)16-27-22(3)28(17-35)34(40)37(33(27)39)18-23-10-12-30-31(15-23)43-20-42-30/h5-16,19H,4,18,20H2,1-3H3/b27-16+. The van der Waals surface area contributed by atoms with Gasteiger partial charge in [-0.15, -0.1) is 0 Å². The van der Waals surface area contributed by atoms with Crippen LogP contribution in [0.3, 0.4) is 0 Å². The molecule has 1 aromatic heterocycles. The van der Waals surface area contributed by atoms with Crippen molar-refractivity contribution < 1.29 is 23.8 Å². The van der Waals surface area contributed by atoms with E-state index in [1.807, 2.05) is 74.6 Å². The molecule has 2 aliphatic rings. The number of benzene rings is 3. The SMILES string of the molecule is CCOc1ccc(-c2nn(-c3ccccc3)cc2/C=C2/C(=O)N(Cc3ccc4c(c3)OCO4)C(=O)C(C#N)=C2C)cc1C. The Hall–Kier alpha value is -5.62. The summed E-state index contributed by atoms with van der Waals surface area (Å²) in [6.45, 7) is 6.17. The summed E-state index contributed by atoms with van der Waals surface area (Å²) in [5.74, 6) is 0.788. The highest BCUT2D eigenvalue weighted by atomic mass is 16.7. The Morgan fingerprint density at radius 2 is 1.79 bits per heavy atom. The van der Waals surface area contributed by atoms with Crippen molar-refractivity contribution in [1.29, 1.82) is 5.26 Å². The van der Waals surface area contributed by atoms with E-state index in [-0.39, 0.29) is 24.5 Å². The third-order valence-corrected chi connectivity index (χ3v) is 7.41. The van der Waals surface area contributed by atoms with Gasteiger partial charge < -0.3 is 14.2 Å². The lowest BCUT2D eigenvalue weighted by Crippen LogP contribution is -2.42. The van der Waals surface area contributed by atoms with Gasteiger partial charge >= 0.3 is 0 Å². The quantitative estimate of drug-likeness (QED) is 0.205. The van der Waals surface area contributed by atoms with Crippen molar-refractivity contribution in [3.05, 3.63) is 106 Å². The predicted octanol–water partition coefficient (Wildman–Crippen LogP) is 5.77. The van der Waals surface area contributed by atoms with Gasteiger partial charge in [-0.3, -0.25) is 14.5 Å². The zero-order valence-electron chi connectivity index (χ0n) is 24.0. The number of hydrogen-bond donors (Lipinski definition) is 0. The number of aryl methyl sites for hydroxylation is 1. The first kappa shape index (κ1) is 27.5. The van der Waals surface area contributed by atoms with E-state index in [1.165, 1.54) is 0 Å². The first-order valence-corrected chi connectivity index (χ1v) is 13.8. The molecule has 9 heteroatoms.